The van der Waals surface area contributed by atoms with Crippen LogP contribution in [0.15, 0.2) is 24.3 Å². The van der Waals surface area contributed by atoms with E-state index in [9.17, 15) is 4.79 Å². The number of carbonyl (C=O) groups excluding carboxylic acids is 1. The Hall–Kier alpha value is -0.860. The first kappa shape index (κ1) is 14.5. The molecule has 0 N–H and O–H groups in total. The molecule has 0 aliphatic carbocycles. The first-order valence-corrected chi connectivity index (χ1v) is 7.60. The van der Waals surface area contributed by atoms with Crippen molar-refractivity contribution in [1.29, 1.82) is 0 Å². The van der Waals surface area contributed by atoms with Crippen LogP contribution in [0.3, 0.4) is 0 Å². The summed E-state index contributed by atoms with van der Waals surface area (Å²) < 4.78 is 0. The number of halogens is 1. The molecule has 1 heterocycles. The zero-order chi connectivity index (χ0) is 13.7. The fourth-order valence-electron chi connectivity index (χ4n) is 2.68. The van der Waals surface area contributed by atoms with Crippen LogP contribution in [0, 0.1) is 0 Å². The van der Waals surface area contributed by atoms with E-state index < -0.39 is 0 Å². The molecule has 1 atom stereocenters. The highest BCUT2D eigenvalue weighted by atomic mass is 35.5. The SMILES string of the molecule is CC(C(=O)c1ccc(Cl)cc1)N1CCCCCCC1. The molecule has 1 fully saturated rings. The molecule has 2 rings (SSSR count). The summed E-state index contributed by atoms with van der Waals surface area (Å²) >= 11 is 5.86. The average Bonchev–Trinajstić information content (AvgIpc) is 2.38. The molecule has 0 aromatic heterocycles. The van der Waals surface area contributed by atoms with Crippen molar-refractivity contribution in [3.8, 4) is 0 Å². The van der Waals surface area contributed by atoms with Gasteiger partial charge in [-0.1, -0.05) is 30.9 Å². The topological polar surface area (TPSA) is 20.3 Å². The molecule has 0 bridgehead atoms. The fraction of sp³-hybridized carbons (Fsp3) is 0.562. The molecule has 1 aromatic carbocycles. The maximum absolute atomic E-state index is 12.5. The molecule has 19 heavy (non-hydrogen) atoms. The molecular weight excluding hydrogens is 258 g/mol. The Labute approximate surface area is 120 Å². The minimum Gasteiger partial charge on any atom is -0.294 e. The van der Waals surface area contributed by atoms with Gasteiger partial charge < -0.3 is 0 Å². The molecule has 0 saturated carbocycles. The minimum absolute atomic E-state index is 0.0284. The van der Waals surface area contributed by atoms with Gasteiger partial charge in [-0.3, -0.25) is 9.69 Å². The van der Waals surface area contributed by atoms with Crippen molar-refractivity contribution < 1.29 is 4.79 Å². The summed E-state index contributed by atoms with van der Waals surface area (Å²) in [5.41, 5.74) is 0.763. The first-order chi connectivity index (χ1) is 9.18. The quantitative estimate of drug-likeness (QED) is 0.774. The number of carbonyl (C=O) groups is 1. The molecule has 1 aliphatic rings. The van der Waals surface area contributed by atoms with Gasteiger partial charge in [-0.15, -0.1) is 0 Å². The number of hydrogen-bond donors (Lipinski definition) is 0. The highest BCUT2D eigenvalue weighted by Gasteiger charge is 2.22. The summed E-state index contributed by atoms with van der Waals surface area (Å²) in [4.78, 5) is 14.8. The van der Waals surface area contributed by atoms with E-state index in [4.69, 9.17) is 11.6 Å². The molecule has 0 radical (unpaired) electrons. The maximum Gasteiger partial charge on any atom is 0.179 e. The van der Waals surface area contributed by atoms with Gasteiger partial charge in [0.2, 0.25) is 0 Å². The minimum atomic E-state index is -0.0284. The summed E-state index contributed by atoms with van der Waals surface area (Å²) in [5.74, 6) is 0.206. The van der Waals surface area contributed by atoms with Crippen LogP contribution >= 0.6 is 11.6 Å². The van der Waals surface area contributed by atoms with E-state index in [0.29, 0.717) is 5.02 Å². The summed E-state index contributed by atoms with van der Waals surface area (Å²) in [6.45, 7) is 4.11. The average molecular weight is 280 g/mol. The first-order valence-electron chi connectivity index (χ1n) is 7.22. The Morgan fingerprint density at radius 3 is 2.16 bits per heavy atom. The van der Waals surface area contributed by atoms with E-state index in [0.717, 1.165) is 18.7 Å². The largest absolute Gasteiger partial charge is 0.294 e. The Bertz CT molecular complexity index is 407. The molecule has 0 amide bonds. The third kappa shape index (κ3) is 4.05. The van der Waals surface area contributed by atoms with Gasteiger partial charge in [0, 0.05) is 10.6 Å². The number of Topliss-reactive ketones (excluding diaryl/α,β-unsaturated/α-hetero) is 1. The van der Waals surface area contributed by atoms with Crippen molar-refractivity contribution in [2.45, 2.75) is 45.1 Å². The van der Waals surface area contributed by atoms with E-state index in [-0.39, 0.29) is 11.8 Å². The lowest BCUT2D eigenvalue weighted by Gasteiger charge is -2.29. The Morgan fingerprint density at radius 1 is 1.05 bits per heavy atom. The van der Waals surface area contributed by atoms with Gasteiger partial charge in [-0.25, -0.2) is 0 Å². The second-order valence-corrected chi connectivity index (χ2v) is 5.79. The lowest BCUT2D eigenvalue weighted by molar-refractivity contribution is 0.0826. The van der Waals surface area contributed by atoms with Crippen LogP contribution in [0.2, 0.25) is 5.02 Å². The van der Waals surface area contributed by atoms with E-state index in [1.807, 2.05) is 19.1 Å². The highest BCUT2D eigenvalue weighted by molar-refractivity contribution is 6.30. The Morgan fingerprint density at radius 2 is 1.58 bits per heavy atom. The molecule has 2 nitrogen and oxygen atoms in total. The second kappa shape index (κ2) is 7.06. The van der Waals surface area contributed by atoms with Gasteiger partial charge in [0.15, 0.2) is 5.78 Å². The van der Waals surface area contributed by atoms with Crippen molar-refractivity contribution >= 4 is 17.4 Å². The summed E-state index contributed by atoms with van der Waals surface area (Å²) in [5, 5.41) is 0.676. The van der Waals surface area contributed by atoms with Gasteiger partial charge in [0.25, 0.3) is 0 Å². The van der Waals surface area contributed by atoms with Gasteiger partial charge in [0.1, 0.15) is 0 Å². The molecule has 0 spiro atoms. The highest BCUT2D eigenvalue weighted by Crippen LogP contribution is 2.17. The van der Waals surface area contributed by atoms with Gasteiger partial charge >= 0.3 is 0 Å². The Kier molecular flexibility index (Phi) is 5.41. The number of likely N-dealkylation sites (tertiary alicyclic amines) is 1. The third-order valence-electron chi connectivity index (χ3n) is 3.95. The number of ketones is 1. The van der Waals surface area contributed by atoms with E-state index >= 15 is 0 Å². The lowest BCUT2D eigenvalue weighted by Crippen LogP contribution is -2.40. The maximum atomic E-state index is 12.5. The second-order valence-electron chi connectivity index (χ2n) is 5.35. The van der Waals surface area contributed by atoms with Crippen molar-refractivity contribution in [3.63, 3.8) is 0 Å². The van der Waals surface area contributed by atoms with Gasteiger partial charge in [-0.05, 0) is 57.1 Å². The van der Waals surface area contributed by atoms with Crippen LogP contribution in [-0.2, 0) is 0 Å². The molecular formula is C16H22ClNO. The Balaban J connectivity index is 2.02. The monoisotopic (exact) mass is 279 g/mol. The smallest absolute Gasteiger partial charge is 0.179 e. The molecule has 1 aliphatic heterocycles. The third-order valence-corrected chi connectivity index (χ3v) is 4.20. The van der Waals surface area contributed by atoms with Crippen LogP contribution in [0.5, 0.6) is 0 Å². The van der Waals surface area contributed by atoms with Crippen LogP contribution in [-0.4, -0.2) is 29.8 Å². The number of rotatable bonds is 3. The van der Waals surface area contributed by atoms with Gasteiger partial charge in [0.05, 0.1) is 6.04 Å². The van der Waals surface area contributed by atoms with E-state index in [2.05, 4.69) is 4.90 Å². The fourth-order valence-corrected chi connectivity index (χ4v) is 2.81. The van der Waals surface area contributed by atoms with Gasteiger partial charge in [-0.2, -0.15) is 0 Å². The van der Waals surface area contributed by atoms with E-state index in [1.165, 1.54) is 32.1 Å². The van der Waals surface area contributed by atoms with Crippen LogP contribution in [0.4, 0.5) is 0 Å². The predicted octanol–water partition coefficient (Wildman–Crippen LogP) is 4.18. The normalized spacial score (nSPS) is 19.5. The number of nitrogens with zero attached hydrogens (tertiary/aromatic N) is 1. The standard InChI is InChI=1S/C16H22ClNO/c1-13(18-11-5-3-2-4-6-12-18)16(19)14-7-9-15(17)10-8-14/h7-10,13H,2-6,11-12H2,1H3. The van der Waals surface area contributed by atoms with Crippen molar-refractivity contribution in [1.82, 2.24) is 4.90 Å². The zero-order valence-electron chi connectivity index (χ0n) is 11.6. The molecule has 1 aromatic rings. The van der Waals surface area contributed by atoms with Crippen molar-refractivity contribution in [2.24, 2.45) is 0 Å². The predicted molar refractivity (Wildman–Crippen MR) is 79.9 cm³/mol. The van der Waals surface area contributed by atoms with Crippen LogP contribution in [0.25, 0.3) is 0 Å². The van der Waals surface area contributed by atoms with Crippen molar-refractivity contribution in [3.05, 3.63) is 34.9 Å². The summed E-state index contributed by atoms with van der Waals surface area (Å²) in [6.07, 6.45) is 6.33. The lowest BCUT2D eigenvalue weighted by atomic mass is 10.0. The molecule has 3 heteroatoms. The van der Waals surface area contributed by atoms with Crippen LogP contribution in [0.1, 0.15) is 49.4 Å². The van der Waals surface area contributed by atoms with Crippen LogP contribution < -0.4 is 0 Å². The number of hydrogen-bond acceptors (Lipinski definition) is 2. The zero-order valence-corrected chi connectivity index (χ0v) is 12.3. The van der Waals surface area contributed by atoms with Crippen molar-refractivity contribution in [2.75, 3.05) is 13.1 Å². The van der Waals surface area contributed by atoms with E-state index in [1.54, 1.807) is 12.1 Å². The summed E-state index contributed by atoms with van der Waals surface area (Å²) in [6, 6.07) is 7.19. The molecule has 1 unspecified atom stereocenters. The summed E-state index contributed by atoms with van der Waals surface area (Å²) in [7, 11) is 0. The molecule has 104 valence electrons. The number of benzene rings is 1. The molecule has 1 saturated heterocycles.